The summed E-state index contributed by atoms with van der Waals surface area (Å²) >= 11 is 0. The van der Waals surface area contributed by atoms with Gasteiger partial charge in [-0.05, 0) is 24.1 Å². The summed E-state index contributed by atoms with van der Waals surface area (Å²) < 4.78 is 5.02. The number of rotatable bonds is 3. The molecule has 3 heteroatoms. The first-order valence-corrected chi connectivity index (χ1v) is 4.31. The van der Waals surface area contributed by atoms with E-state index in [9.17, 15) is 0 Å². The zero-order valence-electron chi connectivity index (χ0n) is 7.58. The largest absolute Gasteiger partial charge is 0.384 e. The Hall–Kier alpha value is -1.35. The fourth-order valence-electron chi connectivity index (χ4n) is 1.37. The zero-order chi connectivity index (χ0) is 9.10. The Labute approximate surface area is 76.7 Å². The number of ether oxygens (including phenoxy) is 1. The minimum Gasteiger partial charge on any atom is -0.384 e. The van der Waals surface area contributed by atoms with Crippen LogP contribution in [0.3, 0.4) is 0 Å². The predicted octanol–water partition coefficient (Wildman–Crippen LogP) is 1.75. The minimum absolute atomic E-state index is 0.767. The summed E-state index contributed by atoms with van der Waals surface area (Å²) in [5, 5.41) is 8.05. The van der Waals surface area contributed by atoms with Gasteiger partial charge in [0.1, 0.15) is 0 Å². The lowest BCUT2D eigenvalue weighted by molar-refractivity contribution is 0.202. The van der Waals surface area contributed by atoms with Gasteiger partial charge >= 0.3 is 0 Å². The third-order valence-corrected chi connectivity index (χ3v) is 2.10. The molecule has 0 saturated heterocycles. The number of aromatic nitrogens is 2. The molecule has 0 spiro atoms. The topological polar surface area (TPSA) is 37.9 Å². The van der Waals surface area contributed by atoms with E-state index in [0.717, 1.165) is 23.9 Å². The first kappa shape index (κ1) is 8.26. The number of aromatic amines is 1. The standard InChI is InChI=1S/C10H12N2O/c1-13-5-4-8-2-3-10-9(6-8)7-11-12-10/h2-3,6-7H,4-5H2,1H3,(H,11,12). The van der Waals surface area contributed by atoms with Crippen molar-refractivity contribution in [1.29, 1.82) is 0 Å². The molecule has 1 aromatic carbocycles. The molecule has 3 nitrogen and oxygen atoms in total. The van der Waals surface area contributed by atoms with Crippen molar-refractivity contribution in [2.75, 3.05) is 13.7 Å². The van der Waals surface area contributed by atoms with Crippen molar-refractivity contribution in [1.82, 2.24) is 10.2 Å². The normalized spacial score (nSPS) is 10.8. The van der Waals surface area contributed by atoms with Crippen LogP contribution in [0.15, 0.2) is 24.4 Å². The van der Waals surface area contributed by atoms with E-state index < -0.39 is 0 Å². The van der Waals surface area contributed by atoms with Crippen LogP contribution in [0.5, 0.6) is 0 Å². The Morgan fingerprint density at radius 1 is 1.46 bits per heavy atom. The third-order valence-electron chi connectivity index (χ3n) is 2.10. The molecule has 2 rings (SSSR count). The van der Waals surface area contributed by atoms with Gasteiger partial charge in [0.25, 0.3) is 0 Å². The fourth-order valence-corrected chi connectivity index (χ4v) is 1.37. The maximum Gasteiger partial charge on any atom is 0.0650 e. The Bertz CT molecular complexity index is 394. The van der Waals surface area contributed by atoms with Gasteiger partial charge in [-0.25, -0.2) is 0 Å². The molecule has 0 unspecified atom stereocenters. The van der Waals surface area contributed by atoms with Crippen molar-refractivity contribution in [2.24, 2.45) is 0 Å². The first-order valence-electron chi connectivity index (χ1n) is 4.31. The second-order valence-corrected chi connectivity index (χ2v) is 3.03. The van der Waals surface area contributed by atoms with Crippen molar-refractivity contribution < 1.29 is 4.74 Å². The average molecular weight is 176 g/mol. The predicted molar refractivity (Wildman–Crippen MR) is 51.7 cm³/mol. The van der Waals surface area contributed by atoms with Crippen LogP contribution in [-0.4, -0.2) is 23.9 Å². The van der Waals surface area contributed by atoms with Gasteiger partial charge in [-0.2, -0.15) is 5.10 Å². The third kappa shape index (κ3) is 1.70. The van der Waals surface area contributed by atoms with Crippen molar-refractivity contribution in [3.05, 3.63) is 30.0 Å². The highest BCUT2D eigenvalue weighted by Crippen LogP contribution is 2.12. The summed E-state index contributed by atoms with van der Waals surface area (Å²) in [6, 6.07) is 6.28. The Morgan fingerprint density at radius 2 is 2.38 bits per heavy atom. The van der Waals surface area contributed by atoms with Gasteiger partial charge in [0.2, 0.25) is 0 Å². The van der Waals surface area contributed by atoms with Crippen LogP contribution in [0, 0.1) is 0 Å². The molecule has 0 aliphatic heterocycles. The zero-order valence-corrected chi connectivity index (χ0v) is 7.58. The number of fused-ring (bicyclic) bond motifs is 1. The van der Waals surface area contributed by atoms with E-state index >= 15 is 0 Å². The molecule has 0 aliphatic rings. The summed E-state index contributed by atoms with van der Waals surface area (Å²) in [6.07, 6.45) is 2.79. The lowest BCUT2D eigenvalue weighted by atomic mass is 10.1. The quantitative estimate of drug-likeness (QED) is 0.773. The van der Waals surface area contributed by atoms with Crippen molar-refractivity contribution in [3.63, 3.8) is 0 Å². The van der Waals surface area contributed by atoms with E-state index in [-0.39, 0.29) is 0 Å². The number of benzene rings is 1. The van der Waals surface area contributed by atoms with Gasteiger partial charge in [-0.1, -0.05) is 6.07 Å². The van der Waals surface area contributed by atoms with Gasteiger partial charge in [0.15, 0.2) is 0 Å². The van der Waals surface area contributed by atoms with Gasteiger partial charge < -0.3 is 4.74 Å². The van der Waals surface area contributed by atoms with E-state index in [1.165, 1.54) is 5.56 Å². The van der Waals surface area contributed by atoms with Crippen LogP contribution in [0.4, 0.5) is 0 Å². The highest BCUT2D eigenvalue weighted by atomic mass is 16.5. The second kappa shape index (κ2) is 3.58. The Morgan fingerprint density at radius 3 is 3.23 bits per heavy atom. The summed E-state index contributed by atoms with van der Waals surface area (Å²) in [5.74, 6) is 0. The second-order valence-electron chi connectivity index (χ2n) is 3.03. The molecule has 0 saturated carbocycles. The summed E-state index contributed by atoms with van der Waals surface area (Å²) in [7, 11) is 1.72. The highest BCUT2D eigenvalue weighted by Gasteiger charge is 1.97. The van der Waals surface area contributed by atoms with Crippen LogP contribution < -0.4 is 0 Å². The molecule has 2 aromatic rings. The van der Waals surface area contributed by atoms with Crippen LogP contribution in [0.2, 0.25) is 0 Å². The van der Waals surface area contributed by atoms with Crippen LogP contribution in [-0.2, 0) is 11.2 Å². The lowest BCUT2D eigenvalue weighted by Crippen LogP contribution is -1.93. The van der Waals surface area contributed by atoms with Gasteiger partial charge in [-0.15, -0.1) is 0 Å². The number of nitrogens with one attached hydrogen (secondary N) is 1. The molecule has 0 fully saturated rings. The molecule has 0 radical (unpaired) electrons. The van der Waals surface area contributed by atoms with Crippen LogP contribution in [0.25, 0.3) is 10.9 Å². The molecular weight excluding hydrogens is 164 g/mol. The Balaban J connectivity index is 2.26. The van der Waals surface area contributed by atoms with E-state index in [1.807, 2.05) is 12.3 Å². The summed E-state index contributed by atoms with van der Waals surface area (Å²) in [4.78, 5) is 0. The van der Waals surface area contributed by atoms with Crippen molar-refractivity contribution in [3.8, 4) is 0 Å². The smallest absolute Gasteiger partial charge is 0.0650 e. The Kier molecular flexibility index (Phi) is 2.27. The SMILES string of the molecule is COCCc1ccc2[nH]ncc2c1. The van der Waals surface area contributed by atoms with E-state index in [4.69, 9.17) is 4.74 Å². The first-order chi connectivity index (χ1) is 6.40. The number of hydrogen-bond donors (Lipinski definition) is 1. The van der Waals surface area contributed by atoms with Crippen LogP contribution in [0.1, 0.15) is 5.56 Å². The van der Waals surface area contributed by atoms with E-state index in [2.05, 4.69) is 22.3 Å². The van der Waals surface area contributed by atoms with Crippen LogP contribution >= 0.6 is 0 Å². The molecule has 68 valence electrons. The molecule has 1 aromatic heterocycles. The molecule has 0 bridgehead atoms. The monoisotopic (exact) mass is 176 g/mol. The molecular formula is C10H12N2O. The van der Waals surface area contributed by atoms with Gasteiger partial charge in [-0.3, -0.25) is 5.10 Å². The number of hydrogen-bond acceptors (Lipinski definition) is 2. The number of nitrogens with zero attached hydrogens (tertiary/aromatic N) is 1. The number of H-pyrrole nitrogens is 1. The van der Waals surface area contributed by atoms with Crippen molar-refractivity contribution >= 4 is 10.9 Å². The minimum atomic E-state index is 0.767. The number of methoxy groups -OCH3 is 1. The molecule has 1 heterocycles. The summed E-state index contributed by atoms with van der Waals surface area (Å²) in [6.45, 7) is 0.767. The maximum absolute atomic E-state index is 5.02. The van der Waals surface area contributed by atoms with Gasteiger partial charge in [0, 0.05) is 12.5 Å². The fraction of sp³-hybridized carbons (Fsp3) is 0.300. The summed E-state index contributed by atoms with van der Waals surface area (Å²) in [5.41, 5.74) is 2.37. The van der Waals surface area contributed by atoms with Gasteiger partial charge in [0.05, 0.1) is 18.3 Å². The van der Waals surface area contributed by atoms with Crippen molar-refractivity contribution in [2.45, 2.75) is 6.42 Å². The van der Waals surface area contributed by atoms with E-state index in [1.54, 1.807) is 7.11 Å². The molecule has 0 amide bonds. The molecule has 0 aliphatic carbocycles. The average Bonchev–Trinajstić information content (AvgIpc) is 2.61. The molecule has 13 heavy (non-hydrogen) atoms. The molecule has 0 atom stereocenters. The lowest BCUT2D eigenvalue weighted by Gasteiger charge is -1.99. The highest BCUT2D eigenvalue weighted by molar-refractivity contribution is 5.78. The maximum atomic E-state index is 5.02. The van der Waals surface area contributed by atoms with E-state index in [0.29, 0.717) is 0 Å². The molecule has 1 N–H and O–H groups in total.